The number of benzene rings is 2. The van der Waals surface area contributed by atoms with Gasteiger partial charge in [-0.1, -0.05) is 59.4 Å². The number of aryl methyl sites for hydroxylation is 1. The minimum atomic E-state index is -0.306. The Kier molecular flexibility index (Phi) is 4.83. The molecule has 0 saturated carbocycles. The van der Waals surface area contributed by atoms with E-state index in [1.165, 1.54) is 22.5 Å². The monoisotopic (exact) mass is 392 g/mol. The van der Waals surface area contributed by atoms with Crippen molar-refractivity contribution in [1.82, 2.24) is 4.98 Å². The molecule has 2 aromatic heterocycles. The normalized spacial score (nSPS) is 10.9. The van der Waals surface area contributed by atoms with Gasteiger partial charge in [-0.25, -0.2) is 4.98 Å². The molecule has 0 bridgehead atoms. The Morgan fingerprint density at radius 1 is 1.07 bits per heavy atom. The van der Waals surface area contributed by atoms with Crippen LogP contribution in [0.25, 0.3) is 10.8 Å². The van der Waals surface area contributed by atoms with E-state index in [1.54, 1.807) is 18.3 Å². The Labute approximate surface area is 164 Å². The third-order valence-corrected chi connectivity index (χ3v) is 5.97. The van der Waals surface area contributed by atoms with E-state index in [9.17, 15) is 9.59 Å². The number of thiazole rings is 1. The van der Waals surface area contributed by atoms with E-state index < -0.39 is 0 Å². The van der Waals surface area contributed by atoms with Gasteiger partial charge in [0.2, 0.25) is 4.74 Å². The van der Waals surface area contributed by atoms with Crippen LogP contribution in [0.4, 0.5) is 5.13 Å². The molecule has 0 saturated heterocycles. The second-order valence-corrected chi connectivity index (χ2v) is 8.37. The van der Waals surface area contributed by atoms with Gasteiger partial charge in [-0.3, -0.25) is 14.9 Å². The number of anilines is 1. The van der Waals surface area contributed by atoms with Crippen molar-refractivity contribution >= 4 is 44.5 Å². The number of aromatic nitrogens is 1. The molecular weight excluding hydrogens is 376 g/mol. The van der Waals surface area contributed by atoms with Crippen molar-refractivity contribution in [2.24, 2.45) is 0 Å². The minimum absolute atomic E-state index is 0.113. The quantitative estimate of drug-likeness (QED) is 0.539. The van der Waals surface area contributed by atoms with Gasteiger partial charge in [0.25, 0.3) is 5.91 Å². The van der Waals surface area contributed by atoms with Gasteiger partial charge in [0, 0.05) is 22.9 Å². The second-order valence-electron chi connectivity index (χ2n) is 6.24. The molecule has 0 fully saturated rings. The lowest BCUT2D eigenvalue weighted by Gasteiger charge is -2.02. The number of amides is 1. The molecule has 0 unspecified atom stereocenters. The van der Waals surface area contributed by atoms with Crippen LogP contribution in [-0.2, 0) is 6.42 Å². The number of nitrogens with zero attached hydrogens (tertiary/aromatic N) is 1. The molecule has 4 rings (SSSR count). The summed E-state index contributed by atoms with van der Waals surface area (Å²) in [5.41, 5.74) is 2.43. The second kappa shape index (κ2) is 7.42. The average Bonchev–Trinajstić information content (AvgIpc) is 3.08. The highest BCUT2D eigenvalue weighted by atomic mass is 32.1. The van der Waals surface area contributed by atoms with Crippen molar-refractivity contribution in [2.45, 2.75) is 13.3 Å². The van der Waals surface area contributed by atoms with Crippen molar-refractivity contribution in [1.29, 1.82) is 0 Å². The minimum Gasteiger partial charge on any atom is -0.297 e. The summed E-state index contributed by atoms with van der Waals surface area (Å²) in [5.74, 6) is -0.306. The standard InChI is InChI=1S/C21H16N2O2S2/c1-13-5-4-6-14(9-13)10-16-12-22-21(26-16)23-19(24)18-11-15-7-2-3-8-17(15)20(25)27-18/h2-9,11-12H,10H2,1H3,(H,22,23,24). The van der Waals surface area contributed by atoms with Crippen LogP contribution >= 0.6 is 22.7 Å². The van der Waals surface area contributed by atoms with Crippen LogP contribution in [0, 0.1) is 6.92 Å². The van der Waals surface area contributed by atoms with Crippen molar-refractivity contribution in [2.75, 3.05) is 5.32 Å². The Bertz CT molecular complexity index is 1190. The van der Waals surface area contributed by atoms with Crippen LogP contribution in [0.1, 0.15) is 25.7 Å². The lowest BCUT2D eigenvalue weighted by molar-refractivity contribution is 0.103. The smallest absolute Gasteiger partial charge is 0.267 e. The summed E-state index contributed by atoms with van der Waals surface area (Å²) in [5, 5.41) is 4.75. The molecular formula is C21H16N2O2S2. The third-order valence-electron chi connectivity index (χ3n) is 4.13. The summed E-state index contributed by atoms with van der Waals surface area (Å²) in [6.07, 6.45) is 2.56. The molecule has 0 aliphatic rings. The molecule has 2 aromatic carbocycles. The lowest BCUT2D eigenvalue weighted by atomic mass is 10.1. The maximum absolute atomic E-state index is 12.5. The van der Waals surface area contributed by atoms with E-state index in [4.69, 9.17) is 0 Å². The molecule has 0 atom stereocenters. The van der Waals surface area contributed by atoms with Crippen LogP contribution in [0.15, 0.2) is 65.6 Å². The highest BCUT2D eigenvalue weighted by Crippen LogP contribution is 2.23. The Morgan fingerprint density at radius 3 is 2.78 bits per heavy atom. The van der Waals surface area contributed by atoms with Gasteiger partial charge in [0.05, 0.1) is 4.88 Å². The number of hydrogen-bond acceptors (Lipinski definition) is 5. The number of carbonyl (C=O) groups excluding carboxylic acids is 1. The highest BCUT2D eigenvalue weighted by Gasteiger charge is 2.13. The van der Waals surface area contributed by atoms with Crippen molar-refractivity contribution in [3.05, 3.63) is 91.2 Å². The van der Waals surface area contributed by atoms with Gasteiger partial charge in [0.15, 0.2) is 5.13 Å². The van der Waals surface area contributed by atoms with Gasteiger partial charge in [0.1, 0.15) is 0 Å². The van der Waals surface area contributed by atoms with E-state index in [1.807, 2.05) is 24.3 Å². The molecule has 2 heterocycles. The Morgan fingerprint density at radius 2 is 1.93 bits per heavy atom. The molecule has 1 amide bonds. The van der Waals surface area contributed by atoms with Crippen molar-refractivity contribution in [3.63, 3.8) is 0 Å². The van der Waals surface area contributed by atoms with Crippen molar-refractivity contribution in [3.8, 4) is 0 Å². The SMILES string of the molecule is Cc1cccc(Cc2cnc(NC(=O)c3cc4ccccc4c(=O)s3)s2)c1. The summed E-state index contributed by atoms with van der Waals surface area (Å²) in [7, 11) is 0. The number of carbonyl (C=O) groups is 1. The van der Waals surface area contributed by atoms with Crippen LogP contribution in [-0.4, -0.2) is 10.9 Å². The summed E-state index contributed by atoms with van der Waals surface area (Å²) < 4.78 is -0.113. The third kappa shape index (κ3) is 3.97. The molecule has 6 heteroatoms. The fraction of sp³-hybridized carbons (Fsp3) is 0.0952. The summed E-state index contributed by atoms with van der Waals surface area (Å²) in [6.45, 7) is 2.07. The summed E-state index contributed by atoms with van der Waals surface area (Å²) >= 11 is 2.40. The van der Waals surface area contributed by atoms with Gasteiger partial charge in [-0.15, -0.1) is 11.3 Å². The van der Waals surface area contributed by atoms with Gasteiger partial charge < -0.3 is 0 Å². The molecule has 134 valence electrons. The molecule has 0 spiro atoms. The van der Waals surface area contributed by atoms with Gasteiger partial charge >= 0.3 is 0 Å². The van der Waals surface area contributed by atoms with Gasteiger partial charge in [-0.05, 0) is 30.0 Å². The van der Waals surface area contributed by atoms with E-state index in [2.05, 4.69) is 35.4 Å². The lowest BCUT2D eigenvalue weighted by Crippen LogP contribution is -2.12. The molecule has 0 aliphatic carbocycles. The zero-order chi connectivity index (χ0) is 18.8. The van der Waals surface area contributed by atoms with E-state index in [0.29, 0.717) is 15.4 Å². The first kappa shape index (κ1) is 17.6. The molecule has 1 N–H and O–H groups in total. The first-order chi connectivity index (χ1) is 13.1. The Balaban J connectivity index is 1.52. The molecule has 27 heavy (non-hydrogen) atoms. The van der Waals surface area contributed by atoms with E-state index in [0.717, 1.165) is 28.0 Å². The molecule has 0 radical (unpaired) electrons. The fourth-order valence-corrected chi connectivity index (χ4v) is 4.54. The maximum atomic E-state index is 12.5. The van der Waals surface area contributed by atoms with Gasteiger partial charge in [-0.2, -0.15) is 0 Å². The predicted octanol–water partition coefficient (Wildman–Crippen LogP) is 4.87. The number of rotatable bonds is 4. The number of hydrogen-bond donors (Lipinski definition) is 1. The zero-order valence-corrected chi connectivity index (χ0v) is 16.2. The van der Waals surface area contributed by atoms with Crippen LogP contribution in [0.5, 0.6) is 0 Å². The van der Waals surface area contributed by atoms with Crippen LogP contribution < -0.4 is 10.1 Å². The van der Waals surface area contributed by atoms with Crippen LogP contribution in [0.2, 0.25) is 0 Å². The van der Waals surface area contributed by atoms with E-state index >= 15 is 0 Å². The molecule has 4 nitrogen and oxygen atoms in total. The fourth-order valence-electron chi connectivity index (χ4n) is 2.88. The predicted molar refractivity (Wildman–Crippen MR) is 112 cm³/mol. The topological polar surface area (TPSA) is 59.1 Å². The first-order valence-corrected chi connectivity index (χ1v) is 10.1. The average molecular weight is 393 g/mol. The number of nitrogens with one attached hydrogen (secondary N) is 1. The largest absolute Gasteiger partial charge is 0.297 e. The summed E-state index contributed by atoms with van der Waals surface area (Å²) in [6, 6.07) is 17.4. The molecule has 0 aliphatic heterocycles. The maximum Gasteiger partial charge on any atom is 0.267 e. The summed E-state index contributed by atoms with van der Waals surface area (Å²) in [4.78, 5) is 30.5. The number of fused-ring (bicyclic) bond motifs is 1. The first-order valence-electron chi connectivity index (χ1n) is 8.43. The Hall–Kier alpha value is -2.83. The highest BCUT2D eigenvalue weighted by molar-refractivity contribution is 7.16. The molecule has 4 aromatic rings. The van der Waals surface area contributed by atoms with Crippen LogP contribution in [0.3, 0.4) is 0 Å². The zero-order valence-electron chi connectivity index (χ0n) is 14.6. The van der Waals surface area contributed by atoms with E-state index in [-0.39, 0.29) is 10.6 Å². The van der Waals surface area contributed by atoms with Crippen molar-refractivity contribution < 1.29 is 4.79 Å².